The van der Waals surface area contributed by atoms with Gasteiger partial charge in [0.15, 0.2) is 0 Å². The Morgan fingerprint density at radius 2 is 1.56 bits per heavy atom. The molecule has 0 fully saturated rings. The number of hydrogen-bond donors (Lipinski definition) is 2. The van der Waals surface area contributed by atoms with Crippen LogP contribution < -0.4 is 8.92 Å². The SMILES string of the molecule is CCO.COc1ccc(OS(=O)(=O)O)cc1. The molecule has 7 heteroatoms. The van der Waals surface area contributed by atoms with Gasteiger partial charge in [-0.15, -0.1) is 0 Å². The van der Waals surface area contributed by atoms with E-state index in [9.17, 15) is 8.42 Å². The zero-order valence-electron chi connectivity index (χ0n) is 8.95. The summed E-state index contributed by atoms with van der Waals surface area (Å²) < 4.78 is 37.8. The molecule has 0 spiro atoms. The first-order valence-electron chi connectivity index (χ1n) is 4.34. The maximum atomic E-state index is 10.3. The Morgan fingerprint density at radius 1 is 1.19 bits per heavy atom. The Labute approximate surface area is 94.4 Å². The molecule has 1 aromatic carbocycles. The van der Waals surface area contributed by atoms with E-state index < -0.39 is 10.4 Å². The molecule has 0 aliphatic rings. The van der Waals surface area contributed by atoms with Crippen molar-refractivity contribution in [1.82, 2.24) is 0 Å². The average molecular weight is 250 g/mol. The number of methoxy groups -OCH3 is 1. The van der Waals surface area contributed by atoms with Crippen LogP contribution in [0.25, 0.3) is 0 Å². The molecule has 0 aliphatic carbocycles. The molecule has 1 aromatic rings. The smallest absolute Gasteiger partial charge is 0.446 e. The second-order valence-electron chi connectivity index (χ2n) is 2.50. The van der Waals surface area contributed by atoms with Gasteiger partial charge in [0.05, 0.1) is 7.11 Å². The van der Waals surface area contributed by atoms with Crippen molar-refractivity contribution in [3.05, 3.63) is 24.3 Å². The zero-order valence-corrected chi connectivity index (χ0v) is 9.77. The van der Waals surface area contributed by atoms with Crippen molar-refractivity contribution in [1.29, 1.82) is 0 Å². The Morgan fingerprint density at radius 3 is 1.88 bits per heavy atom. The number of ether oxygens (including phenoxy) is 1. The molecule has 0 aliphatic heterocycles. The van der Waals surface area contributed by atoms with Crippen LogP contribution in [-0.4, -0.2) is 31.8 Å². The monoisotopic (exact) mass is 250 g/mol. The van der Waals surface area contributed by atoms with E-state index >= 15 is 0 Å². The van der Waals surface area contributed by atoms with Gasteiger partial charge in [-0.2, -0.15) is 8.42 Å². The van der Waals surface area contributed by atoms with Crippen molar-refractivity contribution in [3.63, 3.8) is 0 Å². The fraction of sp³-hybridized carbons (Fsp3) is 0.333. The van der Waals surface area contributed by atoms with Crippen LogP contribution in [0, 0.1) is 0 Å². The van der Waals surface area contributed by atoms with E-state index in [2.05, 4.69) is 4.18 Å². The lowest BCUT2D eigenvalue weighted by Gasteiger charge is -2.02. The summed E-state index contributed by atoms with van der Waals surface area (Å²) in [6, 6.07) is 5.76. The second kappa shape index (κ2) is 7.04. The fourth-order valence-corrected chi connectivity index (χ4v) is 1.11. The minimum atomic E-state index is -4.44. The third-order valence-electron chi connectivity index (χ3n) is 1.26. The summed E-state index contributed by atoms with van der Waals surface area (Å²) in [6.45, 7) is 1.93. The third-order valence-corrected chi connectivity index (χ3v) is 1.66. The summed E-state index contributed by atoms with van der Waals surface area (Å²) in [4.78, 5) is 0. The van der Waals surface area contributed by atoms with Crippen LogP contribution in [0.2, 0.25) is 0 Å². The molecule has 2 N–H and O–H groups in total. The van der Waals surface area contributed by atoms with Gasteiger partial charge in [0, 0.05) is 6.61 Å². The molecule has 0 saturated carbocycles. The lowest BCUT2D eigenvalue weighted by molar-refractivity contribution is 0.318. The molecular weight excluding hydrogens is 236 g/mol. The van der Waals surface area contributed by atoms with Crippen molar-refractivity contribution < 1.29 is 27.0 Å². The van der Waals surface area contributed by atoms with Crippen LogP contribution in [0.1, 0.15) is 6.92 Å². The van der Waals surface area contributed by atoms with Crippen LogP contribution in [-0.2, 0) is 10.4 Å². The fourth-order valence-electron chi connectivity index (χ4n) is 0.753. The minimum Gasteiger partial charge on any atom is -0.497 e. The van der Waals surface area contributed by atoms with Crippen LogP contribution in [0.3, 0.4) is 0 Å². The highest BCUT2D eigenvalue weighted by atomic mass is 32.3. The Bertz CT molecular complexity index is 383. The summed E-state index contributed by atoms with van der Waals surface area (Å²) in [5, 5.41) is 7.57. The van der Waals surface area contributed by atoms with Crippen LogP contribution in [0.15, 0.2) is 24.3 Å². The molecular formula is C9H14O6S. The van der Waals surface area contributed by atoms with E-state index in [-0.39, 0.29) is 12.4 Å². The van der Waals surface area contributed by atoms with E-state index in [4.69, 9.17) is 14.4 Å². The number of aliphatic hydroxyl groups excluding tert-OH is 1. The predicted octanol–water partition coefficient (Wildman–Crippen LogP) is 0.875. The van der Waals surface area contributed by atoms with Crippen molar-refractivity contribution in [2.75, 3.05) is 13.7 Å². The molecule has 6 nitrogen and oxygen atoms in total. The van der Waals surface area contributed by atoms with E-state index in [0.717, 1.165) is 0 Å². The van der Waals surface area contributed by atoms with Gasteiger partial charge < -0.3 is 14.0 Å². The maximum Gasteiger partial charge on any atom is 0.446 e. The van der Waals surface area contributed by atoms with Gasteiger partial charge >= 0.3 is 10.4 Å². The normalized spacial score (nSPS) is 10.0. The molecule has 16 heavy (non-hydrogen) atoms. The summed E-state index contributed by atoms with van der Waals surface area (Å²) in [5.74, 6) is 0.603. The lowest BCUT2D eigenvalue weighted by atomic mass is 10.3. The maximum absolute atomic E-state index is 10.3. The average Bonchev–Trinajstić information content (AvgIpc) is 2.18. The summed E-state index contributed by atoms with van der Waals surface area (Å²) >= 11 is 0. The summed E-state index contributed by atoms with van der Waals surface area (Å²) in [5.41, 5.74) is 0. The highest BCUT2D eigenvalue weighted by Crippen LogP contribution is 2.17. The lowest BCUT2D eigenvalue weighted by Crippen LogP contribution is -2.06. The Hall–Kier alpha value is -1.31. The van der Waals surface area contributed by atoms with Gasteiger partial charge in [-0.3, -0.25) is 4.55 Å². The van der Waals surface area contributed by atoms with E-state index in [1.165, 1.54) is 31.4 Å². The molecule has 0 amide bonds. The van der Waals surface area contributed by atoms with Crippen molar-refractivity contribution in [3.8, 4) is 11.5 Å². The number of benzene rings is 1. The number of rotatable bonds is 3. The van der Waals surface area contributed by atoms with Gasteiger partial charge in [0.25, 0.3) is 0 Å². The molecule has 0 heterocycles. The topological polar surface area (TPSA) is 93.1 Å². The first-order chi connectivity index (χ1) is 7.42. The molecule has 0 aromatic heterocycles. The molecule has 92 valence electrons. The van der Waals surface area contributed by atoms with Crippen LogP contribution in [0.4, 0.5) is 0 Å². The molecule has 0 radical (unpaired) electrons. The molecule has 0 bridgehead atoms. The number of hydrogen-bond acceptors (Lipinski definition) is 5. The molecule has 0 saturated heterocycles. The van der Waals surface area contributed by atoms with Gasteiger partial charge in [-0.1, -0.05) is 0 Å². The van der Waals surface area contributed by atoms with Crippen LogP contribution in [0.5, 0.6) is 11.5 Å². The highest BCUT2D eigenvalue weighted by molar-refractivity contribution is 7.81. The van der Waals surface area contributed by atoms with Gasteiger partial charge in [0.2, 0.25) is 0 Å². The highest BCUT2D eigenvalue weighted by Gasteiger charge is 2.05. The van der Waals surface area contributed by atoms with Crippen molar-refractivity contribution in [2.24, 2.45) is 0 Å². The van der Waals surface area contributed by atoms with E-state index in [1.54, 1.807) is 6.92 Å². The third kappa shape index (κ3) is 7.04. The van der Waals surface area contributed by atoms with Gasteiger partial charge in [0.1, 0.15) is 11.5 Å². The minimum absolute atomic E-state index is 0.0308. The van der Waals surface area contributed by atoms with Gasteiger partial charge in [-0.05, 0) is 31.2 Å². The first kappa shape index (κ1) is 14.7. The van der Waals surface area contributed by atoms with E-state index in [1.807, 2.05) is 0 Å². The Kier molecular flexibility index (Phi) is 6.47. The standard InChI is InChI=1S/C7H8O5S.C2H6O/c1-11-6-2-4-7(5-3-6)12-13(8,9)10;1-2-3/h2-5H,1H3,(H,8,9,10);3H,2H2,1H3. The largest absolute Gasteiger partial charge is 0.497 e. The van der Waals surface area contributed by atoms with Crippen LogP contribution >= 0.6 is 0 Å². The molecule has 0 unspecified atom stereocenters. The van der Waals surface area contributed by atoms with Gasteiger partial charge in [-0.25, -0.2) is 0 Å². The number of aliphatic hydroxyl groups is 1. The first-order valence-corrected chi connectivity index (χ1v) is 5.71. The molecule has 1 rings (SSSR count). The summed E-state index contributed by atoms with van der Waals surface area (Å²) in [6.07, 6.45) is 0. The quantitative estimate of drug-likeness (QED) is 0.773. The Balaban J connectivity index is 0.000000673. The molecule has 0 atom stereocenters. The second-order valence-corrected chi connectivity index (χ2v) is 3.52. The summed E-state index contributed by atoms with van der Waals surface area (Å²) in [7, 11) is -2.95. The zero-order chi connectivity index (χ0) is 12.6. The van der Waals surface area contributed by atoms with Crippen molar-refractivity contribution in [2.45, 2.75) is 6.92 Å². The predicted molar refractivity (Wildman–Crippen MR) is 57.9 cm³/mol. The van der Waals surface area contributed by atoms with Crippen molar-refractivity contribution >= 4 is 10.4 Å². The van der Waals surface area contributed by atoms with E-state index in [0.29, 0.717) is 5.75 Å².